The lowest BCUT2D eigenvalue weighted by molar-refractivity contribution is -0.137. The summed E-state index contributed by atoms with van der Waals surface area (Å²) in [5, 5.41) is 8.27. The van der Waals surface area contributed by atoms with E-state index in [9.17, 15) is 14.0 Å². The van der Waals surface area contributed by atoms with E-state index in [0.29, 0.717) is 0 Å². The molecule has 1 saturated carbocycles. The van der Waals surface area contributed by atoms with Gasteiger partial charge in [0.25, 0.3) is 5.78 Å². The Morgan fingerprint density at radius 2 is 2.08 bits per heavy atom. The average Bonchev–Trinajstić information content (AvgIpc) is 2.67. The van der Waals surface area contributed by atoms with Crippen LogP contribution in [-0.4, -0.2) is 33.5 Å². The van der Waals surface area contributed by atoms with Gasteiger partial charge in [0.2, 0.25) is 0 Å². The van der Waals surface area contributed by atoms with Gasteiger partial charge in [0, 0.05) is 0 Å². The van der Waals surface area contributed by atoms with Gasteiger partial charge in [-0.15, -0.1) is 0 Å². The van der Waals surface area contributed by atoms with Crippen LogP contribution in [0, 0.1) is 5.92 Å². The summed E-state index contributed by atoms with van der Waals surface area (Å²) in [5.74, 6) is -3.51. The monoisotopic (exact) mass is 172 g/mol. The van der Waals surface area contributed by atoms with E-state index in [4.69, 9.17) is 10.6 Å². The molecule has 64 valence electrons. The molecule has 12 heavy (non-hydrogen) atoms. The Labute approximate surface area is 66.4 Å². The Hall–Kier alpha value is -1.55. The summed E-state index contributed by atoms with van der Waals surface area (Å²) < 4.78 is 12.2. The van der Waals surface area contributed by atoms with Gasteiger partial charge in [0.15, 0.2) is 0 Å². The van der Waals surface area contributed by atoms with Crippen LogP contribution in [0.4, 0.5) is 4.39 Å². The maximum Gasteiger partial charge on any atom is 0.441 e. The van der Waals surface area contributed by atoms with E-state index in [0.717, 1.165) is 0 Å². The molecule has 0 aromatic carbocycles. The zero-order chi connectivity index (χ0) is 9.30. The predicted octanol–water partition coefficient (Wildman–Crippen LogP) is -0.331. The van der Waals surface area contributed by atoms with Crippen molar-refractivity contribution in [2.45, 2.75) is 12.6 Å². The van der Waals surface area contributed by atoms with Crippen LogP contribution >= 0.6 is 0 Å². The molecular formula is C6H5FN2O3. The van der Waals surface area contributed by atoms with Crippen molar-refractivity contribution in [2.24, 2.45) is 5.92 Å². The number of rotatable bonds is 3. The highest BCUT2D eigenvalue weighted by molar-refractivity contribution is 6.62. The average molecular weight is 172 g/mol. The SMILES string of the molecule is [N-]=[N+]=C(C(=O)O)C(=O)[C@@H]1C[C@H]1F. The molecule has 2 atom stereocenters. The molecule has 0 spiro atoms. The van der Waals surface area contributed by atoms with E-state index in [-0.39, 0.29) is 6.42 Å². The lowest BCUT2D eigenvalue weighted by atomic mass is 10.2. The van der Waals surface area contributed by atoms with Crippen LogP contribution in [0.15, 0.2) is 0 Å². The Morgan fingerprint density at radius 3 is 2.33 bits per heavy atom. The minimum Gasteiger partial charge on any atom is -0.472 e. The quantitative estimate of drug-likeness (QED) is 0.273. The number of carbonyl (C=O) groups is 2. The fraction of sp³-hybridized carbons (Fsp3) is 0.500. The molecule has 0 bridgehead atoms. The number of nitrogens with zero attached hydrogens (tertiary/aromatic N) is 2. The van der Waals surface area contributed by atoms with Gasteiger partial charge in [-0.05, 0) is 6.42 Å². The van der Waals surface area contributed by atoms with Gasteiger partial charge in [-0.2, -0.15) is 4.79 Å². The van der Waals surface area contributed by atoms with Gasteiger partial charge < -0.3 is 10.6 Å². The van der Waals surface area contributed by atoms with Crippen LogP contribution in [0.25, 0.3) is 5.53 Å². The first kappa shape index (κ1) is 8.55. The predicted molar refractivity (Wildman–Crippen MR) is 34.3 cm³/mol. The van der Waals surface area contributed by atoms with E-state index in [1.54, 1.807) is 0 Å². The number of hydrogen-bond acceptors (Lipinski definition) is 2. The van der Waals surface area contributed by atoms with Gasteiger partial charge in [-0.25, -0.2) is 9.18 Å². The Kier molecular flexibility index (Phi) is 2.01. The first-order valence-corrected chi connectivity index (χ1v) is 3.21. The molecule has 0 amide bonds. The summed E-state index contributed by atoms with van der Waals surface area (Å²) in [7, 11) is 0. The van der Waals surface area contributed by atoms with Crippen LogP contribution in [0.1, 0.15) is 6.42 Å². The summed E-state index contributed by atoms with van der Waals surface area (Å²) in [6.45, 7) is 0. The summed E-state index contributed by atoms with van der Waals surface area (Å²) >= 11 is 0. The lowest BCUT2D eigenvalue weighted by Gasteiger charge is -1.85. The lowest BCUT2D eigenvalue weighted by Crippen LogP contribution is -2.26. The molecular weight excluding hydrogens is 167 g/mol. The van der Waals surface area contributed by atoms with Crippen molar-refractivity contribution >= 4 is 17.5 Å². The van der Waals surface area contributed by atoms with Crippen molar-refractivity contribution < 1.29 is 23.9 Å². The zero-order valence-corrected chi connectivity index (χ0v) is 5.90. The zero-order valence-electron chi connectivity index (χ0n) is 5.90. The number of carboxylic acids is 1. The minimum absolute atomic E-state index is 0.0190. The summed E-state index contributed by atoms with van der Waals surface area (Å²) in [6, 6.07) is 0. The molecule has 1 N–H and O–H groups in total. The summed E-state index contributed by atoms with van der Waals surface area (Å²) in [6.07, 6.45) is -1.26. The van der Waals surface area contributed by atoms with Crippen molar-refractivity contribution in [1.82, 2.24) is 0 Å². The number of halogens is 1. The Morgan fingerprint density at radius 1 is 1.58 bits per heavy atom. The molecule has 1 aliphatic carbocycles. The molecule has 0 saturated heterocycles. The van der Waals surface area contributed by atoms with Crippen LogP contribution < -0.4 is 0 Å². The molecule has 6 heteroatoms. The van der Waals surface area contributed by atoms with Crippen LogP contribution in [0.5, 0.6) is 0 Å². The second kappa shape index (κ2) is 2.83. The maximum absolute atomic E-state index is 12.2. The van der Waals surface area contributed by atoms with Gasteiger partial charge in [-0.1, -0.05) is 0 Å². The standard InChI is InChI=1S/C6H5FN2O3/c7-3-1-2(3)5(10)4(9-8)6(11)12/h2-3H,1H2,(H,11,12)/t2-,3-/m1/s1. The Balaban J connectivity index is 2.75. The largest absolute Gasteiger partial charge is 0.472 e. The molecule has 0 aliphatic heterocycles. The van der Waals surface area contributed by atoms with Crippen molar-refractivity contribution in [2.75, 3.05) is 0 Å². The number of ketones is 1. The summed E-state index contributed by atoms with van der Waals surface area (Å²) in [5.41, 5.74) is 7.09. The highest BCUT2D eigenvalue weighted by atomic mass is 19.1. The second-order valence-electron chi connectivity index (χ2n) is 2.48. The molecule has 5 nitrogen and oxygen atoms in total. The third kappa shape index (κ3) is 1.38. The molecule has 0 heterocycles. The number of carbonyl (C=O) groups excluding carboxylic acids is 1. The first-order valence-electron chi connectivity index (χ1n) is 3.21. The summed E-state index contributed by atoms with van der Waals surface area (Å²) in [4.78, 5) is 23.3. The van der Waals surface area contributed by atoms with Crippen molar-refractivity contribution in [3.8, 4) is 0 Å². The smallest absolute Gasteiger partial charge is 0.441 e. The molecule has 0 aromatic heterocycles. The van der Waals surface area contributed by atoms with Gasteiger partial charge in [0.05, 0.1) is 5.92 Å². The van der Waals surface area contributed by atoms with E-state index >= 15 is 0 Å². The molecule has 1 fully saturated rings. The van der Waals surface area contributed by atoms with Crippen LogP contribution in [-0.2, 0) is 9.59 Å². The van der Waals surface area contributed by atoms with Crippen molar-refractivity contribution in [3.05, 3.63) is 5.53 Å². The van der Waals surface area contributed by atoms with Crippen molar-refractivity contribution in [1.29, 1.82) is 0 Å². The number of alkyl halides is 1. The van der Waals surface area contributed by atoms with Gasteiger partial charge in [0.1, 0.15) is 6.17 Å². The van der Waals surface area contributed by atoms with Gasteiger partial charge in [-0.3, -0.25) is 4.79 Å². The topological polar surface area (TPSA) is 90.8 Å². The maximum atomic E-state index is 12.2. The van der Waals surface area contributed by atoms with E-state index in [1.165, 1.54) is 0 Å². The fourth-order valence-electron chi connectivity index (χ4n) is 0.808. The first-order chi connectivity index (χ1) is 5.57. The Bertz CT molecular complexity index is 295. The van der Waals surface area contributed by atoms with Gasteiger partial charge >= 0.3 is 11.7 Å². The minimum atomic E-state index is -1.64. The molecule has 1 aliphatic rings. The van der Waals surface area contributed by atoms with E-state index in [2.05, 4.69) is 4.79 Å². The van der Waals surface area contributed by atoms with E-state index < -0.39 is 29.6 Å². The fourth-order valence-corrected chi connectivity index (χ4v) is 0.808. The molecule has 0 aromatic rings. The third-order valence-electron chi connectivity index (χ3n) is 1.59. The molecule has 1 rings (SSSR count). The second-order valence-corrected chi connectivity index (χ2v) is 2.48. The van der Waals surface area contributed by atoms with E-state index in [1.807, 2.05) is 0 Å². The number of aliphatic carboxylic acids is 1. The number of carboxylic acid groups (broad SMARTS) is 1. The normalized spacial score (nSPS) is 25.8. The molecule has 0 radical (unpaired) electrons. The third-order valence-corrected chi connectivity index (χ3v) is 1.59. The highest BCUT2D eigenvalue weighted by Gasteiger charge is 2.50. The molecule has 0 unspecified atom stereocenters. The van der Waals surface area contributed by atoms with Crippen LogP contribution in [0.2, 0.25) is 0 Å². The van der Waals surface area contributed by atoms with Crippen LogP contribution in [0.3, 0.4) is 0 Å². The van der Waals surface area contributed by atoms with Crippen molar-refractivity contribution in [3.63, 3.8) is 0 Å². The number of hydrogen-bond donors (Lipinski definition) is 1. The highest BCUT2D eigenvalue weighted by Crippen LogP contribution is 2.34. The number of Topliss-reactive ketones (excluding diaryl/α,β-unsaturated/α-hetero) is 1.